The maximum absolute atomic E-state index is 14.5. The first-order valence-electron chi connectivity index (χ1n) is 15.2. The molecule has 11 heteroatoms. The summed E-state index contributed by atoms with van der Waals surface area (Å²) < 4.78 is 27.9. The lowest BCUT2D eigenvalue weighted by atomic mass is 9.92. The Hall–Kier alpha value is -3.93. The van der Waals surface area contributed by atoms with Crippen LogP contribution in [0.3, 0.4) is 0 Å². The Morgan fingerprint density at radius 2 is 1.89 bits per heavy atom. The molecule has 46 heavy (non-hydrogen) atoms. The number of carbonyl (C=O) groups is 1. The molecule has 1 fully saturated rings. The number of hydrogen-bond donors (Lipinski definition) is 0. The molecule has 6 rings (SSSR count). The number of aryl methyl sites for hydroxylation is 1. The van der Waals surface area contributed by atoms with E-state index in [0.717, 1.165) is 48.5 Å². The Morgan fingerprint density at radius 1 is 1.13 bits per heavy atom. The highest BCUT2D eigenvalue weighted by Crippen LogP contribution is 2.42. The second-order valence-electron chi connectivity index (χ2n) is 11.2. The van der Waals surface area contributed by atoms with E-state index >= 15 is 0 Å². The minimum absolute atomic E-state index is 0.159. The van der Waals surface area contributed by atoms with Crippen LogP contribution in [0, 0.1) is 13.8 Å². The molecule has 2 atom stereocenters. The van der Waals surface area contributed by atoms with Gasteiger partial charge in [0.2, 0.25) is 0 Å². The van der Waals surface area contributed by atoms with Gasteiger partial charge in [0.05, 0.1) is 47.2 Å². The number of hydrogen-bond acceptors (Lipinski definition) is 8. The van der Waals surface area contributed by atoms with E-state index in [0.29, 0.717) is 36.6 Å². The van der Waals surface area contributed by atoms with Gasteiger partial charge < -0.3 is 23.5 Å². The fraction of sp³-hybridized carbons (Fsp3) is 0.343. The van der Waals surface area contributed by atoms with Gasteiger partial charge in [-0.1, -0.05) is 41.7 Å². The highest BCUT2D eigenvalue weighted by Gasteiger charge is 2.37. The number of halogens is 1. The molecular formula is C35H36BrN3O6S. The number of aromatic nitrogens is 2. The molecule has 4 aromatic rings. The summed E-state index contributed by atoms with van der Waals surface area (Å²) in [6.07, 6.45) is 4.24. The number of rotatable bonds is 9. The van der Waals surface area contributed by atoms with Gasteiger partial charge in [0.1, 0.15) is 17.5 Å². The summed E-state index contributed by atoms with van der Waals surface area (Å²) in [5.74, 6) is 0.445. The summed E-state index contributed by atoms with van der Waals surface area (Å²) in [4.78, 5) is 33.8. The molecule has 9 nitrogen and oxygen atoms in total. The van der Waals surface area contributed by atoms with Crippen molar-refractivity contribution < 1.29 is 23.7 Å². The van der Waals surface area contributed by atoms with E-state index in [9.17, 15) is 9.59 Å². The molecule has 0 bridgehead atoms. The predicted molar refractivity (Wildman–Crippen MR) is 181 cm³/mol. The van der Waals surface area contributed by atoms with Crippen molar-refractivity contribution in [1.29, 1.82) is 0 Å². The van der Waals surface area contributed by atoms with Crippen LogP contribution < -0.4 is 24.4 Å². The van der Waals surface area contributed by atoms with Crippen LogP contribution in [0.5, 0.6) is 11.5 Å². The van der Waals surface area contributed by atoms with Gasteiger partial charge in [-0.2, -0.15) is 0 Å². The number of esters is 1. The highest BCUT2D eigenvalue weighted by molar-refractivity contribution is 9.10. The summed E-state index contributed by atoms with van der Waals surface area (Å²) >= 11 is 4.90. The predicted octanol–water partition coefficient (Wildman–Crippen LogP) is 5.31. The molecule has 2 aliphatic rings. The van der Waals surface area contributed by atoms with Crippen LogP contribution >= 0.6 is 27.3 Å². The van der Waals surface area contributed by atoms with Crippen LogP contribution in [-0.2, 0) is 20.8 Å². The molecule has 2 aliphatic heterocycles. The lowest BCUT2D eigenvalue weighted by Crippen LogP contribution is -2.40. The van der Waals surface area contributed by atoms with E-state index in [4.69, 9.17) is 23.9 Å². The Balaban J connectivity index is 1.61. The highest BCUT2D eigenvalue weighted by atomic mass is 79.9. The normalized spacial score (nSPS) is 18.0. The molecular weight excluding hydrogens is 670 g/mol. The van der Waals surface area contributed by atoms with E-state index < -0.39 is 12.0 Å². The van der Waals surface area contributed by atoms with E-state index in [1.54, 1.807) is 31.8 Å². The molecule has 0 spiro atoms. The second kappa shape index (κ2) is 13.4. The van der Waals surface area contributed by atoms with Crippen LogP contribution in [0.15, 0.2) is 68.4 Å². The molecule has 240 valence electrons. The van der Waals surface area contributed by atoms with Crippen LogP contribution in [0.1, 0.15) is 53.9 Å². The largest absolute Gasteiger partial charge is 0.496 e. The number of fused-ring (bicyclic) bond motifs is 1. The Labute approximate surface area is 279 Å². The molecule has 0 N–H and O–H groups in total. The third-order valence-corrected chi connectivity index (χ3v) is 10.1. The van der Waals surface area contributed by atoms with Gasteiger partial charge in [0.15, 0.2) is 4.80 Å². The van der Waals surface area contributed by atoms with Gasteiger partial charge in [-0.3, -0.25) is 9.36 Å². The average molecular weight is 707 g/mol. The number of nitrogens with zero attached hydrogens (tertiary/aromatic N) is 3. The lowest BCUT2D eigenvalue weighted by Gasteiger charge is -2.27. The summed E-state index contributed by atoms with van der Waals surface area (Å²) in [5, 5.41) is 0. The molecule has 0 saturated carbocycles. The first-order valence-corrected chi connectivity index (χ1v) is 16.8. The van der Waals surface area contributed by atoms with Gasteiger partial charge in [0.25, 0.3) is 5.56 Å². The maximum atomic E-state index is 14.5. The minimum atomic E-state index is -0.892. The number of carbonyl (C=O) groups excluding carboxylic acids is 1. The second-order valence-corrected chi connectivity index (χ2v) is 13.1. The van der Waals surface area contributed by atoms with Crippen molar-refractivity contribution in [2.24, 2.45) is 4.99 Å². The summed E-state index contributed by atoms with van der Waals surface area (Å²) in [7, 11) is 3.12. The van der Waals surface area contributed by atoms with Gasteiger partial charge in [0, 0.05) is 41.7 Å². The van der Waals surface area contributed by atoms with Crippen molar-refractivity contribution in [3.8, 4) is 11.5 Å². The van der Waals surface area contributed by atoms with Crippen LogP contribution in [0.2, 0.25) is 0 Å². The van der Waals surface area contributed by atoms with Crippen molar-refractivity contribution in [3.63, 3.8) is 0 Å². The maximum Gasteiger partial charge on any atom is 0.338 e. The Bertz CT molecular complexity index is 2000. The monoisotopic (exact) mass is 705 g/mol. The molecule has 4 heterocycles. The first kappa shape index (κ1) is 32.0. The number of thiazole rings is 1. The average Bonchev–Trinajstić information content (AvgIpc) is 3.76. The Morgan fingerprint density at radius 3 is 2.57 bits per heavy atom. The standard InChI is InChI=1S/C35H36BrN3O6S/c1-6-44-34(41)30-31(22-11-8-7-9-12-22)37-35-39(32(30)25-17-26(36)28(43-5)18-27(25)42-4)33(40)29(46-35)16-23-15-20(2)38(21(23)3)19-24-13-10-14-45-24/h7-9,11-12,15-18,24,32H,6,10,13-14,19H2,1-5H3/b29-16-/t24-,32+/m1/s1. The molecule has 0 amide bonds. The van der Waals surface area contributed by atoms with Crippen molar-refractivity contribution in [2.45, 2.75) is 52.3 Å². The van der Waals surface area contributed by atoms with E-state index in [1.807, 2.05) is 42.5 Å². The smallest absolute Gasteiger partial charge is 0.338 e. The van der Waals surface area contributed by atoms with Gasteiger partial charge in [-0.15, -0.1) is 0 Å². The minimum Gasteiger partial charge on any atom is -0.496 e. The first-order chi connectivity index (χ1) is 22.2. The fourth-order valence-corrected chi connectivity index (χ4v) is 7.73. The topological polar surface area (TPSA) is 93.3 Å². The zero-order valence-corrected chi connectivity index (χ0v) is 28.9. The van der Waals surface area contributed by atoms with Gasteiger partial charge in [-0.25, -0.2) is 9.79 Å². The van der Waals surface area contributed by atoms with Crippen molar-refractivity contribution in [3.05, 3.63) is 106 Å². The van der Waals surface area contributed by atoms with Crippen molar-refractivity contribution in [1.82, 2.24) is 9.13 Å². The van der Waals surface area contributed by atoms with E-state index in [-0.39, 0.29) is 23.8 Å². The summed E-state index contributed by atoms with van der Waals surface area (Å²) in [6.45, 7) is 7.64. The fourth-order valence-electron chi connectivity index (χ4n) is 6.22. The number of ether oxygens (including phenoxy) is 4. The van der Waals surface area contributed by atoms with Crippen LogP contribution in [-0.4, -0.2) is 48.6 Å². The molecule has 0 radical (unpaired) electrons. The summed E-state index contributed by atoms with van der Waals surface area (Å²) in [5.41, 5.74) is 4.87. The van der Waals surface area contributed by atoms with E-state index in [2.05, 4.69) is 40.4 Å². The van der Waals surface area contributed by atoms with Crippen LogP contribution in [0.4, 0.5) is 0 Å². The van der Waals surface area contributed by atoms with Gasteiger partial charge in [-0.05, 0) is 73.3 Å². The lowest BCUT2D eigenvalue weighted by molar-refractivity contribution is -0.138. The van der Waals surface area contributed by atoms with E-state index in [1.165, 1.54) is 11.3 Å². The molecule has 2 aromatic heterocycles. The molecule has 0 aliphatic carbocycles. The molecule has 1 saturated heterocycles. The Kier molecular flexibility index (Phi) is 9.35. The van der Waals surface area contributed by atoms with Crippen molar-refractivity contribution >= 4 is 45.0 Å². The third-order valence-electron chi connectivity index (χ3n) is 8.48. The molecule has 2 aromatic carbocycles. The quantitative estimate of drug-likeness (QED) is 0.219. The summed E-state index contributed by atoms with van der Waals surface area (Å²) in [6, 6.07) is 14.3. The number of methoxy groups -OCH3 is 2. The number of benzene rings is 2. The SMILES string of the molecule is CCOC(=O)C1=C(c2ccccc2)N=c2s/c(=C\c3cc(C)n(C[C@H]4CCCO4)c3C)c(=O)n2[C@H]1c1cc(Br)c(OC)cc1OC. The van der Waals surface area contributed by atoms with Crippen LogP contribution in [0.25, 0.3) is 11.8 Å². The zero-order valence-electron chi connectivity index (χ0n) is 26.5. The van der Waals surface area contributed by atoms with Gasteiger partial charge >= 0.3 is 5.97 Å². The molecule has 0 unspecified atom stereocenters. The zero-order chi connectivity index (χ0) is 32.5. The third kappa shape index (κ3) is 5.87. The van der Waals surface area contributed by atoms with Crippen molar-refractivity contribution in [2.75, 3.05) is 27.4 Å².